The fraction of sp³-hybridized carbons (Fsp3) is 0.280. The second-order valence-electron chi connectivity index (χ2n) is 8.02. The number of fused-ring (bicyclic) bond motifs is 1. The van der Waals surface area contributed by atoms with Crippen LogP contribution in [0.5, 0.6) is 0 Å². The highest BCUT2D eigenvalue weighted by Gasteiger charge is 2.30. The van der Waals surface area contributed by atoms with Crippen LogP contribution in [0.3, 0.4) is 0 Å². The van der Waals surface area contributed by atoms with Crippen LogP contribution in [-0.2, 0) is 13.0 Å². The van der Waals surface area contributed by atoms with Crippen LogP contribution >= 0.6 is 0 Å². The molecule has 1 amide bonds. The van der Waals surface area contributed by atoms with Gasteiger partial charge in [0.2, 0.25) is 0 Å². The van der Waals surface area contributed by atoms with Crippen LogP contribution in [0.1, 0.15) is 35.7 Å². The van der Waals surface area contributed by atoms with Gasteiger partial charge in [0, 0.05) is 48.7 Å². The summed E-state index contributed by atoms with van der Waals surface area (Å²) in [4.78, 5) is 24.9. The van der Waals surface area contributed by atoms with Crippen molar-refractivity contribution in [3.05, 3.63) is 78.4 Å². The van der Waals surface area contributed by atoms with Crippen molar-refractivity contribution in [2.24, 2.45) is 0 Å². The van der Waals surface area contributed by atoms with E-state index in [-0.39, 0.29) is 11.9 Å². The van der Waals surface area contributed by atoms with Gasteiger partial charge in [-0.3, -0.25) is 14.5 Å². The average Bonchev–Trinajstić information content (AvgIpc) is 3.48. The molecule has 1 aliphatic rings. The first-order chi connectivity index (χ1) is 15.2. The van der Waals surface area contributed by atoms with Gasteiger partial charge in [0.25, 0.3) is 5.91 Å². The number of rotatable bonds is 5. The molecule has 1 saturated heterocycles. The number of para-hydroxylation sites is 1. The maximum absolute atomic E-state index is 13.8. The molecule has 0 bridgehead atoms. The molecular weight excluding hydrogens is 386 g/mol. The molecule has 0 aliphatic carbocycles. The number of hydrogen-bond acceptors (Lipinski definition) is 4. The molecule has 1 fully saturated rings. The molecule has 4 aromatic rings. The van der Waals surface area contributed by atoms with Crippen LogP contribution in [0.15, 0.2) is 67.3 Å². The Labute approximate surface area is 181 Å². The number of benzene rings is 1. The molecule has 156 valence electrons. The van der Waals surface area contributed by atoms with Crippen molar-refractivity contribution in [2.75, 3.05) is 6.54 Å². The summed E-state index contributed by atoms with van der Waals surface area (Å²) in [7, 11) is 0. The molecule has 1 aromatic carbocycles. The number of likely N-dealkylation sites (tertiary alicyclic amines) is 1. The number of hydrogen-bond donors (Lipinski definition) is 0. The minimum Gasteiger partial charge on any atom is -0.335 e. The number of nitrogens with zero attached hydrogens (tertiary/aromatic N) is 5. The van der Waals surface area contributed by atoms with Gasteiger partial charge in [0.15, 0.2) is 0 Å². The minimum absolute atomic E-state index is 0.0779. The standard InChI is InChI=1S/C25H25N5O/c1-2-29-17-19(16-27-29)24-14-22(21-9-3-4-10-23(21)28-24)25(31)30-12-6-8-20(30)13-18-7-5-11-26-15-18/h3-5,7,9-11,14-17,20H,2,6,8,12-13H2,1H3/t20-/m1/s1. The molecule has 6 heteroatoms. The fourth-order valence-electron chi connectivity index (χ4n) is 4.43. The van der Waals surface area contributed by atoms with Crippen LogP contribution in [0, 0.1) is 0 Å². The van der Waals surface area contributed by atoms with Crippen molar-refractivity contribution >= 4 is 16.8 Å². The van der Waals surface area contributed by atoms with E-state index >= 15 is 0 Å². The first-order valence-electron chi connectivity index (χ1n) is 10.9. The van der Waals surface area contributed by atoms with Gasteiger partial charge < -0.3 is 4.90 Å². The van der Waals surface area contributed by atoms with E-state index in [1.54, 1.807) is 6.20 Å². The Morgan fingerprint density at radius 2 is 2.06 bits per heavy atom. The maximum Gasteiger partial charge on any atom is 0.254 e. The lowest BCUT2D eigenvalue weighted by molar-refractivity contribution is 0.0738. The molecule has 4 heterocycles. The molecule has 5 rings (SSSR count). The van der Waals surface area contributed by atoms with Gasteiger partial charge in [0.05, 0.1) is 23.0 Å². The van der Waals surface area contributed by atoms with Crippen LogP contribution in [-0.4, -0.2) is 43.1 Å². The highest BCUT2D eigenvalue weighted by Crippen LogP contribution is 2.29. The van der Waals surface area contributed by atoms with E-state index in [4.69, 9.17) is 4.98 Å². The van der Waals surface area contributed by atoms with E-state index in [0.29, 0.717) is 5.56 Å². The third kappa shape index (κ3) is 3.81. The van der Waals surface area contributed by atoms with Gasteiger partial charge in [-0.25, -0.2) is 4.98 Å². The predicted molar refractivity (Wildman–Crippen MR) is 121 cm³/mol. The molecule has 1 atom stereocenters. The van der Waals surface area contributed by atoms with E-state index in [1.165, 1.54) is 5.56 Å². The van der Waals surface area contributed by atoms with E-state index in [2.05, 4.69) is 23.1 Å². The lowest BCUT2D eigenvalue weighted by atomic mass is 10.0. The summed E-state index contributed by atoms with van der Waals surface area (Å²) in [5.41, 5.74) is 4.41. The lowest BCUT2D eigenvalue weighted by Crippen LogP contribution is -2.37. The SMILES string of the molecule is CCn1cc(-c2cc(C(=O)N3CCC[C@@H]3Cc3cccnc3)c3ccccc3n2)cn1. The Hall–Kier alpha value is -3.54. The maximum atomic E-state index is 13.8. The summed E-state index contributed by atoms with van der Waals surface area (Å²) < 4.78 is 1.87. The summed E-state index contributed by atoms with van der Waals surface area (Å²) in [6.45, 7) is 3.63. The Bertz CT molecular complexity index is 1220. The van der Waals surface area contributed by atoms with Crippen LogP contribution < -0.4 is 0 Å². The lowest BCUT2D eigenvalue weighted by Gasteiger charge is -2.25. The first kappa shape index (κ1) is 19.4. The van der Waals surface area contributed by atoms with Gasteiger partial charge in [-0.15, -0.1) is 0 Å². The predicted octanol–water partition coefficient (Wildman–Crippen LogP) is 4.36. The number of carbonyl (C=O) groups is 1. The van der Waals surface area contributed by atoms with Gasteiger partial charge in [-0.1, -0.05) is 24.3 Å². The molecule has 31 heavy (non-hydrogen) atoms. The first-order valence-corrected chi connectivity index (χ1v) is 10.9. The van der Waals surface area contributed by atoms with E-state index in [9.17, 15) is 4.79 Å². The number of carbonyl (C=O) groups excluding carboxylic acids is 1. The minimum atomic E-state index is 0.0779. The Balaban J connectivity index is 1.53. The monoisotopic (exact) mass is 411 g/mol. The molecule has 0 radical (unpaired) electrons. The highest BCUT2D eigenvalue weighted by atomic mass is 16.2. The summed E-state index contributed by atoms with van der Waals surface area (Å²) in [5, 5.41) is 5.27. The topological polar surface area (TPSA) is 63.9 Å². The zero-order valence-electron chi connectivity index (χ0n) is 17.6. The zero-order chi connectivity index (χ0) is 21.2. The van der Waals surface area contributed by atoms with Crippen LogP contribution in [0.25, 0.3) is 22.2 Å². The smallest absolute Gasteiger partial charge is 0.254 e. The van der Waals surface area contributed by atoms with Crippen LogP contribution in [0.4, 0.5) is 0 Å². The van der Waals surface area contributed by atoms with E-state index in [1.807, 2.05) is 64.6 Å². The fourth-order valence-corrected chi connectivity index (χ4v) is 4.43. The molecular formula is C25H25N5O. The largest absolute Gasteiger partial charge is 0.335 e. The normalized spacial score (nSPS) is 16.2. The second-order valence-corrected chi connectivity index (χ2v) is 8.02. The molecule has 0 N–H and O–H groups in total. The van der Waals surface area contributed by atoms with Crippen molar-refractivity contribution in [1.29, 1.82) is 0 Å². The highest BCUT2D eigenvalue weighted by molar-refractivity contribution is 6.07. The zero-order valence-corrected chi connectivity index (χ0v) is 17.6. The molecule has 6 nitrogen and oxygen atoms in total. The van der Waals surface area contributed by atoms with E-state index < -0.39 is 0 Å². The molecule has 0 unspecified atom stereocenters. The molecule has 0 spiro atoms. The summed E-state index contributed by atoms with van der Waals surface area (Å²) >= 11 is 0. The molecule has 3 aromatic heterocycles. The third-order valence-electron chi connectivity index (χ3n) is 6.03. The number of pyridine rings is 2. The van der Waals surface area contributed by atoms with Gasteiger partial charge in [-0.05, 0) is 49.9 Å². The van der Waals surface area contributed by atoms with Gasteiger partial charge >= 0.3 is 0 Å². The average molecular weight is 412 g/mol. The third-order valence-corrected chi connectivity index (χ3v) is 6.03. The number of aromatic nitrogens is 4. The van der Waals surface area contributed by atoms with Crippen molar-refractivity contribution in [2.45, 2.75) is 38.8 Å². The number of aryl methyl sites for hydroxylation is 1. The second kappa shape index (κ2) is 8.30. The molecule has 1 aliphatic heterocycles. The Kier molecular flexibility index (Phi) is 5.20. The Morgan fingerprint density at radius 3 is 2.87 bits per heavy atom. The molecule has 0 saturated carbocycles. The quantitative estimate of drug-likeness (QED) is 0.489. The summed E-state index contributed by atoms with van der Waals surface area (Å²) in [6, 6.07) is 14.0. The Morgan fingerprint density at radius 1 is 1.16 bits per heavy atom. The summed E-state index contributed by atoms with van der Waals surface area (Å²) in [5.74, 6) is 0.0779. The number of amides is 1. The van der Waals surface area contributed by atoms with Gasteiger partial charge in [-0.2, -0.15) is 5.10 Å². The van der Waals surface area contributed by atoms with Crippen molar-refractivity contribution < 1.29 is 4.79 Å². The van der Waals surface area contributed by atoms with Crippen molar-refractivity contribution in [1.82, 2.24) is 24.6 Å². The summed E-state index contributed by atoms with van der Waals surface area (Å²) in [6.07, 6.45) is 10.3. The van der Waals surface area contributed by atoms with Crippen LogP contribution in [0.2, 0.25) is 0 Å². The van der Waals surface area contributed by atoms with Gasteiger partial charge in [0.1, 0.15) is 0 Å². The van der Waals surface area contributed by atoms with Crippen molar-refractivity contribution in [3.8, 4) is 11.3 Å². The van der Waals surface area contributed by atoms with Crippen molar-refractivity contribution in [3.63, 3.8) is 0 Å². The van der Waals surface area contributed by atoms with E-state index in [0.717, 1.165) is 54.5 Å².